The molecule has 0 saturated heterocycles. The summed E-state index contributed by atoms with van der Waals surface area (Å²) in [5.41, 5.74) is 7.51. The summed E-state index contributed by atoms with van der Waals surface area (Å²) in [7, 11) is 0. The minimum absolute atomic E-state index is 0.340. The van der Waals surface area contributed by atoms with Crippen molar-refractivity contribution in [2.45, 2.75) is 13.8 Å². The van der Waals surface area contributed by atoms with Crippen LogP contribution in [0.1, 0.15) is 13.8 Å². The second kappa shape index (κ2) is 7.34. The molecule has 0 aromatic heterocycles. The molecule has 0 aliphatic carbocycles. The normalized spacial score (nSPS) is 14.4. The maximum Gasteiger partial charge on any atom is 0.0384 e. The Balaban J connectivity index is 2.62. The van der Waals surface area contributed by atoms with Crippen molar-refractivity contribution in [3.63, 3.8) is 0 Å². The molecule has 1 aromatic carbocycles. The van der Waals surface area contributed by atoms with Gasteiger partial charge in [0, 0.05) is 11.4 Å². The highest BCUT2D eigenvalue weighted by molar-refractivity contribution is 5.50. The summed E-state index contributed by atoms with van der Waals surface area (Å²) in [5, 5.41) is 3.35. The first-order valence-electron chi connectivity index (χ1n) is 5.81. The van der Waals surface area contributed by atoms with E-state index in [2.05, 4.69) is 24.4 Å². The lowest BCUT2D eigenvalue weighted by Crippen LogP contribution is -1.96. The van der Waals surface area contributed by atoms with Crippen LogP contribution in [0, 0.1) is 5.92 Å². The fourth-order valence-electron chi connectivity index (χ4n) is 1.39. The van der Waals surface area contributed by atoms with Crippen LogP contribution < -0.4 is 11.1 Å². The number of anilines is 1. The molecule has 0 heterocycles. The SMILES string of the molecule is C/C=C(\C=C/C(C)/C=C\N)Nc1ccccc1. The Hall–Kier alpha value is -1.96. The van der Waals surface area contributed by atoms with E-state index in [1.165, 1.54) is 0 Å². The monoisotopic (exact) mass is 228 g/mol. The van der Waals surface area contributed by atoms with Crippen LogP contribution >= 0.6 is 0 Å². The molecule has 90 valence electrons. The van der Waals surface area contributed by atoms with Crippen LogP contribution in [-0.2, 0) is 0 Å². The van der Waals surface area contributed by atoms with Crippen molar-refractivity contribution in [1.82, 2.24) is 0 Å². The van der Waals surface area contributed by atoms with E-state index >= 15 is 0 Å². The molecule has 1 rings (SSSR count). The maximum absolute atomic E-state index is 5.35. The van der Waals surface area contributed by atoms with E-state index in [1.807, 2.05) is 49.4 Å². The molecular weight excluding hydrogens is 208 g/mol. The molecule has 2 heteroatoms. The molecule has 17 heavy (non-hydrogen) atoms. The molecule has 0 spiro atoms. The van der Waals surface area contributed by atoms with Crippen LogP contribution in [0.4, 0.5) is 5.69 Å². The van der Waals surface area contributed by atoms with Crippen molar-refractivity contribution in [2.24, 2.45) is 11.7 Å². The Labute approximate surface area is 104 Å². The summed E-state index contributed by atoms with van der Waals surface area (Å²) in [6.45, 7) is 4.11. The molecule has 0 aliphatic heterocycles. The topological polar surface area (TPSA) is 38.0 Å². The first kappa shape index (κ1) is 13.1. The van der Waals surface area contributed by atoms with Crippen LogP contribution in [0.3, 0.4) is 0 Å². The van der Waals surface area contributed by atoms with E-state index < -0.39 is 0 Å². The average Bonchev–Trinajstić information content (AvgIpc) is 2.36. The van der Waals surface area contributed by atoms with Crippen molar-refractivity contribution in [1.29, 1.82) is 0 Å². The van der Waals surface area contributed by atoms with E-state index in [0.717, 1.165) is 11.4 Å². The van der Waals surface area contributed by atoms with Gasteiger partial charge < -0.3 is 11.1 Å². The fourth-order valence-corrected chi connectivity index (χ4v) is 1.39. The number of benzene rings is 1. The largest absolute Gasteiger partial charge is 0.405 e. The van der Waals surface area contributed by atoms with Crippen LogP contribution in [-0.4, -0.2) is 0 Å². The first-order chi connectivity index (χ1) is 8.26. The molecule has 0 saturated carbocycles. The van der Waals surface area contributed by atoms with E-state index in [1.54, 1.807) is 6.20 Å². The first-order valence-corrected chi connectivity index (χ1v) is 5.81. The van der Waals surface area contributed by atoms with Crippen LogP contribution in [0.25, 0.3) is 0 Å². The van der Waals surface area contributed by atoms with Crippen molar-refractivity contribution in [3.8, 4) is 0 Å². The van der Waals surface area contributed by atoms with Crippen LogP contribution in [0.15, 0.2) is 66.5 Å². The number of hydrogen-bond acceptors (Lipinski definition) is 2. The quantitative estimate of drug-likeness (QED) is 0.755. The summed E-state index contributed by atoms with van der Waals surface area (Å²) in [6.07, 6.45) is 9.75. The third kappa shape index (κ3) is 5.07. The van der Waals surface area contributed by atoms with Gasteiger partial charge in [-0.05, 0) is 37.3 Å². The summed E-state index contributed by atoms with van der Waals surface area (Å²) in [4.78, 5) is 0. The lowest BCUT2D eigenvalue weighted by atomic mass is 10.1. The Morgan fingerprint density at radius 3 is 2.53 bits per heavy atom. The summed E-state index contributed by atoms with van der Waals surface area (Å²) < 4.78 is 0. The number of hydrogen-bond donors (Lipinski definition) is 2. The van der Waals surface area contributed by atoms with Gasteiger partial charge in [0.25, 0.3) is 0 Å². The standard InChI is InChI=1S/C15H20N2/c1-3-14(10-9-13(2)11-12-16)17-15-7-5-4-6-8-15/h3-13,17H,16H2,1-2H3/b10-9-,12-11-,14-3+. The second-order valence-electron chi connectivity index (χ2n) is 3.84. The molecule has 0 bridgehead atoms. The van der Waals surface area contributed by atoms with Crippen LogP contribution in [0.2, 0.25) is 0 Å². The molecule has 2 nitrogen and oxygen atoms in total. The molecule has 0 aliphatic rings. The molecule has 3 N–H and O–H groups in total. The smallest absolute Gasteiger partial charge is 0.0384 e. The van der Waals surface area contributed by atoms with E-state index in [9.17, 15) is 0 Å². The molecular formula is C15H20N2. The zero-order chi connectivity index (χ0) is 12.5. The van der Waals surface area contributed by atoms with Gasteiger partial charge in [-0.25, -0.2) is 0 Å². The Morgan fingerprint density at radius 1 is 1.24 bits per heavy atom. The van der Waals surface area contributed by atoms with Gasteiger partial charge in [0.15, 0.2) is 0 Å². The number of allylic oxidation sites excluding steroid dienone is 4. The molecule has 1 unspecified atom stereocenters. The Bertz CT molecular complexity index is 402. The number of rotatable bonds is 5. The number of nitrogens with two attached hydrogens (primary N) is 1. The summed E-state index contributed by atoms with van der Waals surface area (Å²) >= 11 is 0. The number of para-hydroxylation sites is 1. The zero-order valence-electron chi connectivity index (χ0n) is 10.4. The van der Waals surface area contributed by atoms with Gasteiger partial charge in [0.2, 0.25) is 0 Å². The van der Waals surface area contributed by atoms with E-state index in [4.69, 9.17) is 5.73 Å². The Morgan fingerprint density at radius 2 is 1.94 bits per heavy atom. The third-order valence-corrected chi connectivity index (χ3v) is 2.37. The molecule has 0 radical (unpaired) electrons. The molecule has 0 fully saturated rings. The lowest BCUT2D eigenvalue weighted by Gasteiger charge is -2.07. The molecule has 0 amide bonds. The number of nitrogens with one attached hydrogen (secondary N) is 1. The van der Waals surface area contributed by atoms with Gasteiger partial charge >= 0.3 is 0 Å². The fraction of sp³-hybridized carbons (Fsp3) is 0.200. The van der Waals surface area contributed by atoms with Crippen molar-refractivity contribution < 1.29 is 0 Å². The minimum Gasteiger partial charge on any atom is -0.405 e. The van der Waals surface area contributed by atoms with Gasteiger partial charge in [-0.1, -0.05) is 43.4 Å². The minimum atomic E-state index is 0.340. The van der Waals surface area contributed by atoms with Gasteiger partial charge in [-0.15, -0.1) is 0 Å². The van der Waals surface area contributed by atoms with E-state index in [-0.39, 0.29) is 0 Å². The third-order valence-electron chi connectivity index (χ3n) is 2.37. The lowest BCUT2D eigenvalue weighted by molar-refractivity contribution is 0.934. The van der Waals surface area contributed by atoms with Gasteiger partial charge in [-0.3, -0.25) is 0 Å². The highest BCUT2D eigenvalue weighted by Crippen LogP contribution is 2.11. The molecule has 1 aromatic rings. The zero-order valence-corrected chi connectivity index (χ0v) is 10.4. The van der Waals surface area contributed by atoms with Crippen molar-refractivity contribution in [3.05, 3.63) is 66.5 Å². The molecule has 1 atom stereocenters. The highest BCUT2D eigenvalue weighted by atomic mass is 14.9. The predicted molar refractivity (Wildman–Crippen MR) is 75.5 cm³/mol. The predicted octanol–water partition coefficient (Wildman–Crippen LogP) is 3.67. The van der Waals surface area contributed by atoms with Gasteiger partial charge in [0.1, 0.15) is 0 Å². The van der Waals surface area contributed by atoms with E-state index in [0.29, 0.717) is 5.92 Å². The highest BCUT2D eigenvalue weighted by Gasteiger charge is 1.93. The summed E-state index contributed by atoms with van der Waals surface area (Å²) in [6, 6.07) is 10.1. The maximum atomic E-state index is 5.35. The van der Waals surface area contributed by atoms with Crippen molar-refractivity contribution in [2.75, 3.05) is 5.32 Å². The van der Waals surface area contributed by atoms with Crippen LogP contribution in [0.5, 0.6) is 0 Å². The van der Waals surface area contributed by atoms with Gasteiger partial charge in [0.05, 0.1) is 0 Å². The summed E-state index contributed by atoms with van der Waals surface area (Å²) in [5.74, 6) is 0.340. The second-order valence-corrected chi connectivity index (χ2v) is 3.84. The van der Waals surface area contributed by atoms with Gasteiger partial charge in [-0.2, -0.15) is 0 Å². The average molecular weight is 228 g/mol. The Kier molecular flexibility index (Phi) is 5.66. The van der Waals surface area contributed by atoms with Crippen molar-refractivity contribution >= 4 is 5.69 Å².